The minimum atomic E-state index is -4.86. The van der Waals surface area contributed by atoms with E-state index in [0.29, 0.717) is 22.5 Å². The molecule has 38 heavy (non-hydrogen) atoms. The van der Waals surface area contributed by atoms with Crippen LogP contribution < -0.4 is 14.5 Å². The Morgan fingerprint density at radius 1 is 1.13 bits per heavy atom. The number of nitrogens with zero attached hydrogens (tertiary/aromatic N) is 2. The quantitative estimate of drug-likeness (QED) is 0.275. The molecule has 202 valence electrons. The van der Waals surface area contributed by atoms with E-state index in [1.54, 1.807) is 13.8 Å². The number of halogens is 4. The molecule has 3 aromatic carbocycles. The zero-order valence-corrected chi connectivity index (χ0v) is 21.7. The number of carbonyl (C=O) groups excluding carboxylic acids is 1. The van der Waals surface area contributed by atoms with E-state index in [0.717, 1.165) is 17.7 Å². The van der Waals surface area contributed by atoms with E-state index in [2.05, 4.69) is 10.5 Å². The lowest BCUT2D eigenvalue weighted by molar-refractivity contribution is -0.137. The van der Waals surface area contributed by atoms with Crippen molar-refractivity contribution in [3.8, 4) is 11.5 Å². The van der Waals surface area contributed by atoms with Crippen LogP contribution in [0, 0.1) is 6.92 Å². The number of hydrogen-bond donors (Lipinski definition) is 2. The van der Waals surface area contributed by atoms with Gasteiger partial charge in [0.1, 0.15) is 6.54 Å². The maximum Gasteiger partial charge on any atom is 0.417 e. The molecular weight excluding hydrogens is 547 g/mol. The summed E-state index contributed by atoms with van der Waals surface area (Å²) in [6, 6.07) is 12.5. The fourth-order valence-electron chi connectivity index (χ4n) is 3.26. The van der Waals surface area contributed by atoms with Crippen LogP contribution in [0.4, 0.5) is 18.9 Å². The third-order valence-corrected chi connectivity index (χ3v) is 7.24. The van der Waals surface area contributed by atoms with E-state index in [4.69, 9.17) is 16.3 Å². The Labute approximate surface area is 222 Å². The molecule has 0 aromatic heterocycles. The zero-order chi connectivity index (χ0) is 28.1. The van der Waals surface area contributed by atoms with Crippen molar-refractivity contribution < 1.29 is 36.2 Å². The van der Waals surface area contributed by atoms with Gasteiger partial charge in [-0.05, 0) is 67.9 Å². The standard InChI is InChI=1S/C25H23ClF3N3O5S/c1-3-37-23-12-17(6-11-22(23)33)14-30-31-24(34)15-32(38(35,36)19-8-4-16(2)5-9-19)18-7-10-21(26)20(13-18)25(27,28)29/h4-14,33H,3,15H2,1-2H3,(H,31,34)/b30-14-. The van der Waals surface area contributed by atoms with Gasteiger partial charge in [-0.3, -0.25) is 9.10 Å². The third kappa shape index (κ3) is 6.95. The largest absolute Gasteiger partial charge is 0.504 e. The number of aryl methyl sites for hydroxylation is 1. The highest BCUT2D eigenvalue weighted by atomic mass is 35.5. The van der Waals surface area contributed by atoms with Gasteiger partial charge >= 0.3 is 6.18 Å². The molecule has 3 aromatic rings. The molecule has 8 nitrogen and oxygen atoms in total. The second kappa shape index (κ2) is 11.7. The van der Waals surface area contributed by atoms with Crippen LogP contribution in [0.15, 0.2) is 70.7 Å². The van der Waals surface area contributed by atoms with Crippen molar-refractivity contribution in [3.05, 3.63) is 82.4 Å². The summed E-state index contributed by atoms with van der Waals surface area (Å²) in [7, 11) is -4.47. The first kappa shape index (κ1) is 28.8. The second-order valence-electron chi connectivity index (χ2n) is 7.94. The van der Waals surface area contributed by atoms with Gasteiger partial charge in [-0.15, -0.1) is 0 Å². The Kier molecular flexibility index (Phi) is 8.89. The maximum absolute atomic E-state index is 13.5. The van der Waals surface area contributed by atoms with Gasteiger partial charge in [-0.1, -0.05) is 29.3 Å². The molecular formula is C25H23ClF3N3O5S. The molecule has 1 amide bonds. The molecule has 0 fully saturated rings. The van der Waals surface area contributed by atoms with Crippen molar-refractivity contribution in [2.75, 3.05) is 17.5 Å². The monoisotopic (exact) mass is 569 g/mol. The molecule has 0 spiro atoms. The van der Waals surface area contributed by atoms with E-state index in [1.165, 1.54) is 48.7 Å². The lowest BCUT2D eigenvalue weighted by atomic mass is 10.2. The van der Waals surface area contributed by atoms with E-state index in [9.17, 15) is 31.5 Å². The number of benzene rings is 3. The Balaban J connectivity index is 1.92. The summed E-state index contributed by atoms with van der Waals surface area (Å²) in [4.78, 5) is 12.5. The van der Waals surface area contributed by atoms with Gasteiger partial charge in [0, 0.05) is 0 Å². The summed E-state index contributed by atoms with van der Waals surface area (Å²) in [5, 5.41) is 12.9. The van der Waals surface area contributed by atoms with Gasteiger partial charge < -0.3 is 9.84 Å². The van der Waals surface area contributed by atoms with Gasteiger partial charge in [0.2, 0.25) is 0 Å². The molecule has 2 N–H and O–H groups in total. The number of nitrogens with one attached hydrogen (secondary N) is 1. The molecule has 0 atom stereocenters. The summed E-state index contributed by atoms with van der Waals surface area (Å²) in [5.41, 5.74) is 1.70. The van der Waals surface area contributed by atoms with Crippen LogP contribution in [0.25, 0.3) is 0 Å². The van der Waals surface area contributed by atoms with Gasteiger partial charge in [-0.2, -0.15) is 18.3 Å². The van der Waals surface area contributed by atoms with Gasteiger partial charge in [-0.25, -0.2) is 13.8 Å². The van der Waals surface area contributed by atoms with Crippen LogP contribution >= 0.6 is 11.6 Å². The molecule has 3 rings (SSSR count). The Hall–Kier alpha value is -3.77. The molecule has 0 unspecified atom stereocenters. The predicted molar refractivity (Wildman–Crippen MR) is 137 cm³/mol. The van der Waals surface area contributed by atoms with Crippen LogP contribution in [-0.2, 0) is 21.0 Å². The third-order valence-electron chi connectivity index (χ3n) is 5.13. The number of amides is 1. The minimum Gasteiger partial charge on any atom is -0.504 e. The fourth-order valence-corrected chi connectivity index (χ4v) is 4.90. The summed E-state index contributed by atoms with van der Waals surface area (Å²) in [5.74, 6) is -0.822. The molecule has 0 aliphatic heterocycles. The van der Waals surface area contributed by atoms with Crippen LogP contribution in [0.1, 0.15) is 23.6 Å². The highest BCUT2D eigenvalue weighted by Gasteiger charge is 2.35. The lowest BCUT2D eigenvalue weighted by Crippen LogP contribution is -2.39. The normalized spacial score (nSPS) is 11.9. The number of phenols is 1. The van der Waals surface area contributed by atoms with E-state index in [-0.39, 0.29) is 16.4 Å². The van der Waals surface area contributed by atoms with Crippen LogP contribution in [-0.4, -0.2) is 38.8 Å². The second-order valence-corrected chi connectivity index (χ2v) is 10.2. The first-order valence-corrected chi connectivity index (χ1v) is 12.9. The van der Waals surface area contributed by atoms with Gasteiger partial charge in [0.25, 0.3) is 15.9 Å². The molecule has 0 radical (unpaired) electrons. The fraction of sp³-hybridized carbons (Fsp3) is 0.200. The molecule has 0 saturated heterocycles. The first-order valence-electron chi connectivity index (χ1n) is 11.1. The number of hydrogen-bond acceptors (Lipinski definition) is 6. The highest BCUT2D eigenvalue weighted by molar-refractivity contribution is 7.92. The summed E-state index contributed by atoms with van der Waals surface area (Å²) in [6.45, 7) is 2.89. The number of hydrazone groups is 1. The number of alkyl halides is 3. The molecule has 0 saturated carbocycles. The van der Waals surface area contributed by atoms with Crippen molar-refractivity contribution >= 4 is 39.4 Å². The average Bonchev–Trinajstić information content (AvgIpc) is 2.84. The van der Waals surface area contributed by atoms with E-state index >= 15 is 0 Å². The van der Waals surface area contributed by atoms with Crippen molar-refractivity contribution in [2.45, 2.75) is 24.9 Å². The molecule has 13 heteroatoms. The number of phenolic OH excluding ortho intramolecular Hbond substituents is 1. The highest BCUT2D eigenvalue weighted by Crippen LogP contribution is 2.38. The maximum atomic E-state index is 13.5. The topological polar surface area (TPSA) is 108 Å². The van der Waals surface area contributed by atoms with Crippen LogP contribution in [0.2, 0.25) is 5.02 Å². The minimum absolute atomic E-state index is 0.0915. The van der Waals surface area contributed by atoms with Crippen molar-refractivity contribution in [2.24, 2.45) is 5.10 Å². The number of rotatable bonds is 9. The molecule has 0 bridgehead atoms. The molecule has 0 aliphatic rings. The van der Waals surface area contributed by atoms with Crippen LogP contribution in [0.3, 0.4) is 0 Å². The Morgan fingerprint density at radius 2 is 1.82 bits per heavy atom. The lowest BCUT2D eigenvalue weighted by Gasteiger charge is -2.25. The van der Waals surface area contributed by atoms with Crippen molar-refractivity contribution in [1.29, 1.82) is 0 Å². The van der Waals surface area contributed by atoms with E-state index < -0.39 is 44.9 Å². The summed E-state index contributed by atoms with van der Waals surface area (Å²) in [6.07, 6.45) is -3.63. The number of ether oxygens (including phenoxy) is 1. The van der Waals surface area contributed by atoms with Gasteiger partial charge in [0.05, 0.1) is 34.0 Å². The van der Waals surface area contributed by atoms with Crippen LogP contribution in [0.5, 0.6) is 11.5 Å². The summed E-state index contributed by atoms with van der Waals surface area (Å²) >= 11 is 5.70. The smallest absolute Gasteiger partial charge is 0.417 e. The Bertz CT molecular complexity index is 1450. The van der Waals surface area contributed by atoms with Crippen molar-refractivity contribution in [1.82, 2.24) is 5.43 Å². The first-order chi connectivity index (χ1) is 17.8. The van der Waals surface area contributed by atoms with Crippen molar-refractivity contribution in [3.63, 3.8) is 0 Å². The zero-order valence-electron chi connectivity index (χ0n) is 20.2. The number of anilines is 1. The molecule has 0 heterocycles. The van der Waals surface area contributed by atoms with E-state index in [1.807, 2.05) is 0 Å². The number of aromatic hydroxyl groups is 1. The Morgan fingerprint density at radius 3 is 2.45 bits per heavy atom. The number of sulfonamides is 1. The SMILES string of the molecule is CCOc1cc(/C=N\NC(=O)CN(c2ccc(Cl)c(C(F)(F)F)c2)S(=O)(=O)c2ccc(C)cc2)ccc1O. The predicted octanol–water partition coefficient (Wildman–Crippen LogP) is 5.12. The molecule has 0 aliphatic carbocycles. The average molecular weight is 570 g/mol. The number of carbonyl (C=O) groups is 1. The summed E-state index contributed by atoms with van der Waals surface area (Å²) < 4.78 is 73.0. The van der Waals surface area contributed by atoms with Gasteiger partial charge in [0.15, 0.2) is 11.5 Å².